The number of fused-ring (bicyclic) bond motifs is 6. The molecule has 5 aliphatic rings. The predicted molar refractivity (Wildman–Crippen MR) is 200 cm³/mol. The van der Waals surface area contributed by atoms with Gasteiger partial charge in [0.15, 0.2) is 24.0 Å². The van der Waals surface area contributed by atoms with E-state index in [0.717, 1.165) is 151 Å². The molecule has 2 aromatic carbocycles. The zero-order chi connectivity index (χ0) is 34.9. The lowest BCUT2D eigenvalue weighted by Crippen LogP contribution is -2.41. The maximum atomic E-state index is 6.88. The van der Waals surface area contributed by atoms with Crippen molar-refractivity contribution in [3.8, 4) is 33.8 Å². The Kier molecular flexibility index (Phi) is 7.70. The molecule has 12 heteroatoms. The van der Waals surface area contributed by atoms with Gasteiger partial charge in [0.2, 0.25) is 0 Å². The highest BCUT2D eigenvalue weighted by atomic mass is 16.5. The first-order valence-corrected chi connectivity index (χ1v) is 19.2. The summed E-state index contributed by atoms with van der Waals surface area (Å²) < 4.78 is 29.0. The normalized spacial score (nSPS) is 24.1. The van der Waals surface area contributed by atoms with Crippen LogP contribution in [0.15, 0.2) is 73.6 Å². The average molecular weight is 711 g/mol. The lowest BCUT2D eigenvalue weighted by atomic mass is 10.0. The Morgan fingerprint density at radius 3 is 1.75 bits per heavy atom. The molecule has 2 unspecified atom stereocenters. The summed E-state index contributed by atoms with van der Waals surface area (Å²) in [7, 11) is 0. The first-order chi connectivity index (χ1) is 26.2. The van der Waals surface area contributed by atoms with E-state index in [9.17, 15) is 0 Å². The van der Waals surface area contributed by atoms with Gasteiger partial charge in [0.05, 0.1) is 59.9 Å². The molecule has 53 heavy (non-hydrogen) atoms. The van der Waals surface area contributed by atoms with E-state index in [2.05, 4.69) is 56.2 Å². The Hall–Kier alpha value is -4.88. The quantitative estimate of drug-likeness (QED) is 0.164. The summed E-state index contributed by atoms with van der Waals surface area (Å²) >= 11 is 0. The SMILES string of the molecule is c1cc2c(cc1-c1cncc3c1cnn3C1CCCCO1)Oc1cc(-c3cncc4c3cnn4C3CCCCO3)ccc1N2CCN1C[C@H]2C[C@@H]1CO2. The fourth-order valence-electron chi connectivity index (χ4n) is 9.12. The first kappa shape index (κ1) is 31.6. The molecule has 4 aromatic heterocycles. The van der Waals surface area contributed by atoms with E-state index in [1.54, 1.807) is 0 Å². The third-order valence-corrected chi connectivity index (χ3v) is 11.9. The van der Waals surface area contributed by atoms with Gasteiger partial charge in [0.1, 0.15) is 0 Å². The van der Waals surface area contributed by atoms with E-state index in [-0.39, 0.29) is 12.5 Å². The van der Waals surface area contributed by atoms with Gasteiger partial charge >= 0.3 is 0 Å². The van der Waals surface area contributed by atoms with Crippen LogP contribution in [0.2, 0.25) is 0 Å². The molecule has 0 aliphatic carbocycles. The predicted octanol–water partition coefficient (Wildman–Crippen LogP) is 7.63. The van der Waals surface area contributed by atoms with Gasteiger partial charge in [-0.1, -0.05) is 12.1 Å². The molecular weight excluding hydrogens is 669 g/mol. The molecule has 9 heterocycles. The van der Waals surface area contributed by atoms with Gasteiger partial charge in [0, 0.05) is 73.2 Å². The molecule has 2 bridgehead atoms. The van der Waals surface area contributed by atoms with Crippen LogP contribution in [0, 0.1) is 0 Å². The van der Waals surface area contributed by atoms with Crippen LogP contribution in [-0.2, 0) is 14.2 Å². The zero-order valence-electron chi connectivity index (χ0n) is 29.6. The lowest BCUT2D eigenvalue weighted by Gasteiger charge is -2.35. The Bertz CT molecular complexity index is 2180. The molecule has 6 aromatic rings. The van der Waals surface area contributed by atoms with E-state index in [4.69, 9.17) is 29.1 Å². The van der Waals surface area contributed by atoms with Crippen molar-refractivity contribution in [3.05, 3.63) is 73.6 Å². The number of nitrogens with zero attached hydrogens (tertiary/aromatic N) is 8. The molecule has 4 saturated heterocycles. The number of likely N-dealkylation sites (tertiary alicyclic amines) is 1. The van der Waals surface area contributed by atoms with Crippen molar-refractivity contribution in [2.75, 3.05) is 44.4 Å². The fraction of sp³-hybridized carbons (Fsp3) is 0.415. The van der Waals surface area contributed by atoms with Crippen molar-refractivity contribution >= 4 is 33.2 Å². The minimum Gasteiger partial charge on any atom is -0.453 e. The topological polar surface area (TPSA) is 105 Å². The van der Waals surface area contributed by atoms with E-state index in [0.29, 0.717) is 12.1 Å². The van der Waals surface area contributed by atoms with Crippen LogP contribution < -0.4 is 9.64 Å². The molecular formula is C41H42N8O4. The fourth-order valence-corrected chi connectivity index (χ4v) is 9.12. The zero-order valence-corrected chi connectivity index (χ0v) is 29.6. The number of rotatable bonds is 7. The summed E-state index contributed by atoms with van der Waals surface area (Å²) in [6, 6.07) is 13.6. The Morgan fingerprint density at radius 1 is 0.642 bits per heavy atom. The number of pyridine rings is 2. The highest BCUT2D eigenvalue weighted by Gasteiger charge is 2.39. The molecule has 4 atom stereocenters. The monoisotopic (exact) mass is 710 g/mol. The van der Waals surface area contributed by atoms with Crippen LogP contribution in [0.4, 0.5) is 11.4 Å². The van der Waals surface area contributed by atoms with E-state index < -0.39 is 0 Å². The second-order valence-corrected chi connectivity index (χ2v) is 15.0. The minimum absolute atomic E-state index is 0.0576. The largest absolute Gasteiger partial charge is 0.453 e. The summed E-state index contributed by atoms with van der Waals surface area (Å²) in [6.07, 6.45) is 19.3. The smallest absolute Gasteiger partial charge is 0.151 e. The van der Waals surface area contributed by atoms with Crippen LogP contribution >= 0.6 is 0 Å². The summed E-state index contributed by atoms with van der Waals surface area (Å²) in [5, 5.41) is 11.7. The van der Waals surface area contributed by atoms with Crippen molar-refractivity contribution in [1.82, 2.24) is 34.4 Å². The third-order valence-electron chi connectivity index (χ3n) is 11.9. The number of morpholine rings is 1. The third kappa shape index (κ3) is 5.41. The van der Waals surface area contributed by atoms with Gasteiger partial charge in [-0.05, 0) is 80.3 Å². The summed E-state index contributed by atoms with van der Waals surface area (Å²) in [5.74, 6) is 1.63. The molecule has 0 amide bonds. The Morgan fingerprint density at radius 2 is 1.25 bits per heavy atom. The summed E-state index contributed by atoms with van der Waals surface area (Å²) in [4.78, 5) is 14.3. The maximum Gasteiger partial charge on any atom is 0.151 e. The van der Waals surface area contributed by atoms with Gasteiger partial charge in [-0.3, -0.25) is 14.9 Å². The molecule has 0 saturated carbocycles. The van der Waals surface area contributed by atoms with Gasteiger partial charge in [-0.2, -0.15) is 10.2 Å². The van der Waals surface area contributed by atoms with Crippen molar-refractivity contribution in [2.24, 2.45) is 0 Å². The lowest BCUT2D eigenvalue weighted by molar-refractivity contribution is -0.0368. The van der Waals surface area contributed by atoms with Gasteiger partial charge in [-0.25, -0.2) is 9.36 Å². The van der Waals surface area contributed by atoms with Crippen molar-refractivity contribution < 1.29 is 18.9 Å². The van der Waals surface area contributed by atoms with Crippen molar-refractivity contribution in [1.29, 1.82) is 0 Å². The number of benzene rings is 2. The maximum absolute atomic E-state index is 6.88. The number of ether oxygens (including phenoxy) is 4. The number of anilines is 2. The van der Waals surface area contributed by atoms with E-state index in [1.807, 2.05) is 46.5 Å². The van der Waals surface area contributed by atoms with Gasteiger partial charge in [0.25, 0.3) is 0 Å². The standard InChI is InChI=1S/C41H42N8O4/c1-3-13-50-40(5-1)48-36-22-42-18-30(32(36)20-44-48)26-7-9-34-38(15-26)53-39-16-27(8-10-35(39)47(34)12-11-46-24-29-17-28(46)25-52-29)31-19-43-23-37-33(31)21-45-49(37)41-6-2-4-14-51-41/h7-10,15-16,18-23,28-29,40-41H,1-6,11-14,17,24-25H2/t28-,29-,40?,41?/m1/s1. The van der Waals surface area contributed by atoms with E-state index in [1.165, 1.54) is 0 Å². The van der Waals surface area contributed by atoms with Crippen LogP contribution in [0.3, 0.4) is 0 Å². The van der Waals surface area contributed by atoms with Gasteiger partial charge < -0.3 is 23.8 Å². The minimum atomic E-state index is -0.0576. The molecule has 12 nitrogen and oxygen atoms in total. The second kappa shape index (κ2) is 12.9. The molecule has 270 valence electrons. The molecule has 11 rings (SSSR count). The van der Waals surface area contributed by atoms with Crippen LogP contribution in [0.1, 0.15) is 57.4 Å². The molecule has 4 fully saturated rings. The first-order valence-electron chi connectivity index (χ1n) is 19.2. The Labute approximate surface area is 307 Å². The van der Waals surface area contributed by atoms with Crippen molar-refractivity contribution in [3.63, 3.8) is 0 Å². The summed E-state index contributed by atoms with van der Waals surface area (Å²) in [5.41, 5.74) is 8.18. The second-order valence-electron chi connectivity index (χ2n) is 15.0. The highest BCUT2D eigenvalue weighted by molar-refractivity contribution is 5.96. The number of hydrogen-bond acceptors (Lipinski definition) is 10. The summed E-state index contributed by atoms with van der Waals surface area (Å²) in [6.45, 7) is 5.14. The number of hydrogen-bond donors (Lipinski definition) is 0. The van der Waals surface area contributed by atoms with Gasteiger partial charge in [-0.15, -0.1) is 0 Å². The van der Waals surface area contributed by atoms with Crippen LogP contribution in [0.25, 0.3) is 44.1 Å². The molecule has 0 N–H and O–H groups in total. The molecule has 0 spiro atoms. The number of aromatic nitrogens is 6. The highest BCUT2D eigenvalue weighted by Crippen LogP contribution is 2.50. The van der Waals surface area contributed by atoms with Crippen molar-refractivity contribution in [2.45, 2.75) is 69.5 Å². The average Bonchev–Trinajstić information content (AvgIpc) is 4.04. The molecule has 5 aliphatic heterocycles. The Balaban J connectivity index is 0.966. The van der Waals surface area contributed by atoms with Crippen LogP contribution in [0.5, 0.6) is 11.5 Å². The van der Waals surface area contributed by atoms with E-state index >= 15 is 0 Å². The molecule has 0 radical (unpaired) electrons. The van der Waals surface area contributed by atoms with Crippen LogP contribution in [-0.4, -0.2) is 86.0 Å².